The van der Waals surface area contributed by atoms with Crippen LogP contribution in [-0.2, 0) is 9.59 Å². The number of hydrazine groups is 1. The van der Waals surface area contributed by atoms with Crippen LogP contribution in [0.2, 0.25) is 0 Å². The molecule has 3 unspecified atom stereocenters. The summed E-state index contributed by atoms with van der Waals surface area (Å²) in [4.78, 5) is 42.9. The molecule has 0 aromatic heterocycles. The molecule has 2 fully saturated rings. The number of imide groups is 1. The Morgan fingerprint density at radius 1 is 0.821 bits per heavy atom. The normalized spacial score (nSPS) is 20.2. The largest absolute Gasteiger partial charge is 0.495 e. The highest BCUT2D eigenvalue weighted by Crippen LogP contribution is 2.49. The van der Waals surface area contributed by atoms with Crippen molar-refractivity contribution in [3.05, 3.63) is 76.3 Å². The number of halogens is 1. The molecule has 0 bridgehead atoms. The van der Waals surface area contributed by atoms with Crippen molar-refractivity contribution >= 4 is 39.3 Å². The molecule has 3 atom stereocenters. The molecule has 0 aliphatic carbocycles. The Bertz CT molecular complexity index is 1460. The molecule has 5 rings (SSSR count). The molecule has 0 saturated carbocycles. The summed E-state index contributed by atoms with van der Waals surface area (Å²) in [5.41, 5.74) is 4.31. The van der Waals surface area contributed by atoms with Gasteiger partial charge in [-0.25, -0.2) is 10.3 Å². The van der Waals surface area contributed by atoms with Crippen molar-refractivity contribution < 1.29 is 33.3 Å². The van der Waals surface area contributed by atoms with Gasteiger partial charge in [0.1, 0.15) is 11.8 Å². The van der Waals surface area contributed by atoms with Crippen LogP contribution < -0.4 is 29.3 Å². The lowest BCUT2D eigenvalue weighted by Gasteiger charge is -2.26. The average Bonchev–Trinajstić information content (AvgIpc) is 3.47. The Hall–Kier alpha value is -4.09. The van der Waals surface area contributed by atoms with Crippen molar-refractivity contribution in [1.29, 1.82) is 0 Å². The molecule has 3 aromatic rings. The summed E-state index contributed by atoms with van der Waals surface area (Å²) in [6.07, 6.45) is 0. The van der Waals surface area contributed by atoms with E-state index < -0.39 is 35.7 Å². The van der Waals surface area contributed by atoms with Crippen LogP contribution in [0, 0.1) is 5.92 Å². The van der Waals surface area contributed by atoms with Crippen LogP contribution in [0.25, 0.3) is 0 Å². The van der Waals surface area contributed by atoms with E-state index in [0.717, 1.165) is 4.90 Å². The number of carbonyl (C=O) groups excluding carboxylic acids is 3. The number of benzene rings is 3. The van der Waals surface area contributed by atoms with E-state index in [0.29, 0.717) is 44.3 Å². The summed E-state index contributed by atoms with van der Waals surface area (Å²) in [5, 5.41) is 1.24. The Labute approximate surface area is 233 Å². The number of fused-ring (bicyclic) bond motifs is 1. The van der Waals surface area contributed by atoms with Crippen molar-refractivity contribution in [2.75, 3.05) is 33.3 Å². The van der Waals surface area contributed by atoms with Gasteiger partial charge in [0.2, 0.25) is 11.7 Å². The number of para-hydroxylation sites is 2. The standard InChI is InChI=1S/C28H26BrN3O7/c1-36-19-11-6-5-10-18(19)31-27(34)21-22(17-12-13-20(37-2)25(39-4)24(17)38-3)30-32(23(21)28(31)35)26(33)15-8-7-9-16(29)14-15/h5-14,21-23,30H,1-4H3. The molecule has 11 heteroatoms. The maximum absolute atomic E-state index is 14.1. The summed E-state index contributed by atoms with van der Waals surface area (Å²) in [7, 11) is 5.92. The van der Waals surface area contributed by atoms with Gasteiger partial charge in [-0.15, -0.1) is 0 Å². The topological polar surface area (TPSA) is 107 Å². The summed E-state index contributed by atoms with van der Waals surface area (Å²) in [6.45, 7) is 0. The Kier molecular flexibility index (Phi) is 7.19. The van der Waals surface area contributed by atoms with Gasteiger partial charge in [0, 0.05) is 15.6 Å². The van der Waals surface area contributed by atoms with Gasteiger partial charge in [-0.05, 0) is 42.5 Å². The third kappa shape index (κ3) is 4.27. The van der Waals surface area contributed by atoms with Crippen LogP contribution in [0.15, 0.2) is 65.1 Å². The van der Waals surface area contributed by atoms with Crippen LogP contribution in [0.1, 0.15) is 22.0 Å². The molecule has 2 saturated heterocycles. The summed E-state index contributed by atoms with van der Waals surface area (Å²) < 4.78 is 22.8. The fourth-order valence-corrected chi connectivity index (χ4v) is 5.61. The summed E-state index contributed by atoms with van der Waals surface area (Å²) >= 11 is 3.39. The maximum atomic E-state index is 14.1. The van der Waals surface area contributed by atoms with Crippen molar-refractivity contribution in [1.82, 2.24) is 10.4 Å². The van der Waals surface area contributed by atoms with Gasteiger partial charge in [0.05, 0.1) is 46.1 Å². The quantitative estimate of drug-likeness (QED) is 0.412. The van der Waals surface area contributed by atoms with Gasteiger partial charge < -0.3 is 18.9 Å². The minimum absolute atomic E-state index is 0.303. The molecule has 0 radical (unpaired) electrons. The Balaban J connectivity index is 1.66. The monoisotopic (exact) mass is 595 g/mol. The third-order valence-corrected chi connectivity index (χ3v) is 7.41. The van der Waals surface area contributed by atoms with Crippen LogP contribution in [0.3, 0.4) is 0 Å². The molecule has 3 amide bonds. The van der Waals surface area contributed by atoms with E-state index in [-0.39, 0.29) is 0 Å². The molecule has 3 aromatic carbocycles. The highest BCUT2D eigenvalue weighted by atomic mass is 79.9. The average molecular weight is 596 g/mol. The second-order valence-electron chi connectivity index (χ2n) is 8.87. The molecule has 2 heterocycles. The fourth-order valence-electron chi connectivity index (χ4n) is 5.21. The van der Waals surface area contributed by atoms with Gasteiger partial charge >= 0.3 is 0 Å². The van der Waals surface area contributed by atoms with Gasteiger partial charge in [-0.1, -0.05) is 34.1 Å². The Morgan fingerprint density at radius 3 is 2.21 bits per heavy atom. The van der Waals surface area contributed by atoms with E-state index in [1.165, 1.54) is 33.4 Å². The number of nitrogens with one attached hydrogen (secondary N) is 1. The first kappa shape index (κ1) is 26.5. The molecule has 39 heavy (non-hydrogen) atoms. The maximum Gasteiger partial charge on any atom is 0.268 e. The first-order valence-corrected chi connectivity index (χ1v) is 12.8. The van der Waals surface area contributed by atoms with E-state index in [1.54, 1.807) is 60.7 Å². The van der Waals surface area contributed by atoms with Crippen LogP contribution in [-0.4, -0.2) is 57.2 Å². The predicted octanol–water partition coefficient (Wildman–Crippen LogP) is 3.74. The Morgan fingerprint density at radius 2 is 1.54 bits per heavy atom. The number of hydrogen-bond donors (Lipinski definition) is 1. The first-order valence-electron chi connectivity index (χ1n) is 12.0. The van der Waals surface area contributed by atoms with Crippen molar-refractivity contribution in [3.63, 3.8) is 0 Å². The lowest BCUT2D eigenvalue weighted by atomic mass is 9.90. The molecule has 2 aliphatic heterocycles. The number of nitrogens with zero attached hydrogens (tertiary/aromatic N) is 2. The molecule has 202 valence electrons. The van der Waals surface area contributed by atoms with E-state index >= 15 is 0 Å². The van der Waals surface area contributed by atoms with Crippen molar-refractivity contribution in [2.45, 2.75) is 12.1 Å². The number of methoxy groups -OCH3 is 4. The number of hydrogen-bond acceptors (Lipinski definition) is 8. The molecule has 0 spiro atoms. The molecule has 10 nitrogen and oxygen atoms in total. The van der Waals surface area contributed by atoms with Gasteiger partial charge in [0.25, 0.3) is 11.8 Å². The first-order chi connectivity index (χ1) is 18.9. The van der Waals surface area contributed by atoms with Gasteiger partial charge in [-0.2, -0.15) is 0 Å². The zero-order chi connectivity index (χ0) is 27.8. The van der Waals surface area contributed by atoms with Gasteiger partial charge in [0.15, 0.2) is 11.5 Å². The summed E-state index contributed by atoms with van der Waals surface area (Å²) in [5.74, 6) is -1.02. The minimum atomic E-state index is -1.13. The molecule has 1 N–H and O–H groups in total. The highest BCUT2D eigenvalue weighted by molar-refractivity contribution is 9.10. The highest BCUT2D eigenvalue weighted by Gasteiger charge is 2.61. The van der Waals surface area contributed by atoms with E-state index in [2.05, 4.69) is 21.4 Å². The SMILES string of the molecule is COc1ccccc1N1C(=O)C2C(c3ccc(OC)c(OC)c3OC)NN(C(=O)c3cccc(Br)c3)C2C1=O. The number of carbonyl (C=O) groups is 3. The minimum Gasteiger partial charge on any atom is -0.495 e. The third-order valence-electron chi connectivity index (χ3n) is 6.92. The lowest BCUT2D eigenvalue weighted by molar-refractivity contribution is -0.123. The van der Waals surface area contributed by atoms with E-state index in [1.807, 2.05) is 0 Å². The predicted molar refractivity (Wildman–Crippen MR) is 145 cm³/mol. The number of ether oxygens (including phenoxy) is 4. The lowest BCUT2D eigenvalue weighted by Crippen LogP contribution is -2.48. The van der Waals surface area contributed by atoms with Crippen molar-refractivity contribution in [2.24, 2.45) is 5.92 Å². The molecular formula is C28H26BrN3O7. The fraction of sp³-hybridized carbons (Fsp3) is 0.250. The van der Waals surface area contributed by atoms with Crippen molar-refractivity contribution in [3.8, 4) is 23.0 Å². The summed E-state index contributed by atoms with van der Waals surface area (Å²) in [6, 6.07) is 15.1. The molecule has 2 aliphatic rings. The smallest absolute Gasteiger partial charge is 0.268 e. The van der Waals surface area contributed by atoms with Gasteiger partial charge in [-0.3, -0.25) is 19.4 Å². The second kappa shape index (κ2) is 10.6. The van der Waals surface area contributed by atoms with Crippen LogP contribution in [0.4, 0.5) is 5.69 Å². The van der Waals surface area contributed by atoms with Crippen LogP contribution >= 0.6 is 15.9 Å². The zero-order valence-corrected chi connectivity index (χ0v) is 23.2. The van der Waals surface area contributed by atoms with E-state index in [4.69, 9.17) is 18.9 Å². The zero-order valence-electron chi connectivity index (χ0n) is 21.6. The number of rotatable bonds is 7. The van der Waals surface area contributed by atoms with E-state index in [9.17, 15) is 14.4 Å². The second-order valence-corrected chi connectivity index (χ2v) is 9.79. The molecular weight excluding hydrogens is 570 g/mol. The number of anilines is 1. The van der Waals surface area contributed by atoms with Crippen LogP contribution in [0.5, 0.6) is 23.0 Å². The number of amides is 3.